The number of anilines is 1. The smallest absolute Gasteiger partial charge is 0.328 e. The highest BCUT2D eigenvalue weighted by Gasteiger charge is 2.33. The summed E-state index contributed by atoms with van der Waals surface area (Å²) in [6.45, 7) is 4.88. The number of carbonyl (C=O) groups excluding carboxylic acids is 2. The number of hydrogen-bond donors (Lipinski definition) is 2. The first kappa shape index (κ1) is 20.5. The summed E-state index contributed by atoms with van der Waals surface area (Å²) in [4.78, 5) is 27.7. The Morgan fingerprint density at radius 3 is 2.68 bits per heavy atom. The van der Waals surface area contributed by atoms with Gasteiger partial charge in [-0.05, 0) is 56.5 Å². The number of piperidine rings is 2. The maximum atomic E-state index is 15.3. The van der Waals surface area contributed by atoms with Crippen LogP contribution in [-0.2, 0) is 4.79 Å². The number of aromatic nitrogens is 1. The van der Waals surface area contributed by atoms with Crippen molar-refractivity contribution in [3.05, 3.63) is 30.5 Å². The van der Waals surface area contributed by atoms with E-state index in [-0.39, 0.29) is 18.4 Å². The summed E-state index contributed by atoms with van der Waals surface area (Å²) in [7, 11) is 0. The fraction of sp³-hybridized carbons (Fsp3) is 0.565. The van der Waals surface area contributed by atoms with Crippen LogP contribution < -0.4 is 15.5 Å². The summed E-state index contributed by atoms with van der Waals surface area (Å²) in [5.41, 5.74) is 1.70. The van der Waals surface area contributed by atoms with E-state index in [4.69, 9.17) is 0 Å². The predicted molar refractivity (Wildman–Crippen MR) is 118 cm³/mol. The van der Waals surface area contributed by atoms with Crippen molar-refractivity contribution < 1.29 is 14.0 Å². The Hall–Kier alpha value is -2.45. The number of hydrogen-bond acceptors (Lipinski definition) is 4. The number of nitrogens with one attached hydrogen (secondary N) is 2. The van der Waals surface area contributed by atoms with Crippen LogP contribution in [0, 0.1) is 5.92 Å². The second-order valence-electron chi connectivity index (χ2n) is 9.01. The highest BCUT2D eigenvalue weighted by Crippen LogP contribution is 2.34. The number of alkyl halides is 1. The van der Waals surface area contributed by atoms with E-state index in [0.717, 1.165) is 49.2 Å². The van der Waals surface area contributed by atoms with E-state index >= 15 is 4.39 Å². The SMILES string of the molecule is O=C1CCN(c2cccc3c2ccn3C2CCN(CC3CCNCC3)CC2F)C(=O)N1. The van der Waals surface area contributed by atoms with Crippen LogP contribution in [-0.4, -0.2) is 66.8 Å². The minimum Gasteiger partial charge on any atom is -0.341 e. The van der Waals surface area contributed by atoms with Gasteiger partial charge in [0.25, 0.3) is 0 Å². The van der Waals surface area contributed by atoms with Gasteiger partial charge in [-0.15, -0.1) is 0 Å². The average Bonchev–Trinajstić information content (AvgIpc) is 3.19. The molecule has 3 saturated heterocycles. The topological polar surface area (TPSA) is 69.6 Å². The number of benzene rings is 1. The van der Waals surface area contributed by atoms with E-state index in [9.17, 15) is 9.59 Å². The second-order valence-corrected chi connectivity index (χ2v) is 9.01. The molecule has 8 heteroatoms. The summed E-state index contributed by atoms with van der Waals surface area (Å²) < 4.78 is 17.4. The van der Waals surface area contributed by atoms with Crippen LogP contribution in [0.4, 0.5) is 14.9 Å². The van der Waals surface area contributed by atoms with Crippen LogP contribution in [0.2, 0.25) is 0 Å². The molecule has 0 radical (unpaired) electrons. The van der Waals surface area contributed by atoms with E-state index in [1.165, 1.54) is 12.8 Å². The molecule has 1 aromatic heterocycles. The van der Waals surface area contributed by atoms with Gasteiger partial charge in [0, 0.05) is 44.2 Å². The number of urea groups is 1. The summed E-state index contributed by atoms with van der Waals surface area (Å²) in [5.74, 6) is 0.421. The van der Waals surface area contributed by atoms with Crippen LogP contribution in [0.15, 0.2) is 30.5 Å². The molecular formula is C23H30FN5O2. The molecule has 166 valence electrons. The van der Waals surface area contributed by atoms with Crippen LogP contribution >= 0.6 is 0 Å². The van der Waals surface area contributed by atoms with E-state index in [1.54, 1.807) is 4.90 Å². The van der Waals surface area contributed by atoms with Crippen molar-refractivity contribution in [3.63, 3.8) is 0 Å². The highest BCUT2D eigenvalue weighted by molar-refractivity contribution is 6.09. The highest BCUT2D eigenvalue weighted by atomic mass is 19.1. The lowest BCUT2D eigenvalue weighted by atomic mass is 9.95. The lowest BCUT2D eigenvalue weighted by Gasteiger charge is -2.38. The van der Waals surface area contributed by atoms with Crippen molar-refractivity contribution in [2.45, 2.75) is 37.9 Å². The molecular weight excluding hydrogens is 397 g/mol. The van der Waals surface area contributed by atoms with E-state index in [1.807, 2.05) is 35.0 Å². The van der Waals surface area contributed by atoms with Crippen LogP contribution in [0.25, 0.3) is 10.9 Å². The van der Waals surface area contributed by atoms with Gasteiger partial charge in [-0.1, -0.05) is 6.07 Å². The Morgan fingerprint density at radius 2 is 1.90 bits per heavy atom. The van der Waals surface area contributed by atoms with E-state index in [0.29, 0.717) is 19.0 Å². The minimum atomic E-state index is -0.925. The van der Waals surface area contributed by atoms with Gasteiger partial charge in [0.1, 0.15) is 6.17 Å². The number of likely N-dealkylation sites (tertiary alicyclic amines) is 1. The third-order valence-corrected chi connectivity index (χ3v) is 7.01. The van der Waals surface area contributed by atoms with Crippen LogP contribution in [0.1, 0.15) is 31.7 Å². The Bertz CT molecular complexity index is 970. The van der Waals surface area contributed by atoms with Gasteiger partial charge in [0.05, 0.1) is 17.2 Å². The fourth-order valence-electron chi connectivity index (χ4n) is 5.35. The molecule has 7 nitrogen and oxygen atoms in total. The standard InChI is InChI=1S/C23H30FN5O2/c24-18-15-27(14-16-4-9-25-10-5-16)11-7-21(18)28-12-6-17-19(28)2-1-3-20(17)29-13-8-22(30)26-23(29)31/h1-3,6,12,16,18,21,25H,4-5,7-11,13-15H2,(H,26,30,31). The van der Waals surface area contributed by atoms with E-state index < -0.39 is 12.2 Å². The molecule has 3 aliphatic heterocycles. The molecule has 1 aromatic carbocycles. The molecule has 0 bridgehead atoms. The van der Waals surface area contributed by atoms with Crippen LogP contribution in [0.3, 0.4) is 0 Å². The molecule has 3 fully saturated rings. The predicted octanol–water partition coefficient (Wildman–Crippen LogP) is 2.67. The molecule has 3 aliphatic rings. The van der Waals surface area contributed by atoms with Gasteiger partial charge in [-0.2, -0.15) is 0 Å². The van der Waals surface area contributed by atoms with Gasteiger partial charge in [0.15, 0.2) is 0 Å². The first-order valence-electron chi connectivity index (χ1n) is 11.4. The van der Waals surface area contributed by atoms with Gasteiger partial charge in [-0.3, -0.25) is 15.0 Å². The van der Waals surface area contributed by atoms with Gasteiger partial charge < -0.3 is 14.8 Å². The fourth-order valence-corrected chi connectivity index (χ4v) is 5.35. The average molecular weight is 428 g/mol. The van der Waals surface area contributed by atoms with Crippen molar-refractivity contribution in [1.29, 1.82) is 0 Å². The van der Waals surface area contributed by atoms with Gasteiger partial charge in [-0.25, -0.2) is 9.18 Å². The number of fused-ring (bicyclic) bond motifs is 1. The van der Waals surface area contributed by atoms with Gasteiger partial charge in [0.2, 0.25) is 5.91 Å². The third-order valence-electron chi connectivity index (χ3n) is 7.01. The first-order valence-corrected chi connectivity index (χ1v) is 11.4. The molecule has 31 heavy (non-hydrogen) atoms. The maximum Gasteiger partial charge on any atom is 0.328 e. The normalized spacial score (nSPS) is 26.4. The molecule has 3 amide bonds. The monoisotopic (exact) mass is 427 g/mol. The number of imide groups is 1. The minimum absolute atomic E-state index is 0.200. The number of halogens is 1. The lowest BCUT2D eigenvalue weighted by molar-refractivity contribution is -0.120. The van der Waals surface area contributed by atoms with Crippen molar-refractivity contribution >= 4 is 28.5 Å². The van der Waals surface area contributed by atoms with Crippen molar-refractivity contribution in [1.82, 2.24) is 20.1 Å². The molecule has 5 rings (SSSR count). The maximum absolute atomic E-state index is 15.3. The Morgan fingerprint density at radius 1 is 1.06 bits per heavy atom. The molecule has 2 aromatic rings. The molecule has 2 N–H and O–H groups in total. The molecule has 2 unspecified atom stereocenters. The zero-order valence-electron chi connectivity index (χ0n) is 17.7. The third kappa shape index (κ3) is 4.06. The summed E-state index contributed by atoms with van der Waals surface area (Å²) in [6.07, 6.45) is 4.44. The quantitative estimate of drug-likeness (QED) is 0.787. The molecule has 0 saturated carbocycles. The van der Waals surface area contributed by atoms with Crippen molar-refractivity contribution in [3.8, 4) is 0 Å². The van der Waals surface area contributed by atoms with Crippen molar-refractivity contribution in [2.75, 3.05) is 44.2 Å². The number of rotatable bonds is 4. The van der Waals surface area contributed by atoms with Gasteiger partial charge >= 0.3 is 6.03 Å². The number of amides is 3. The largest absolute Gasteiger partial charge is 0.341 e. The Balaban J connectivity index is 1.33. The summed E-state index contributed by atoms with van der Waals surface area (Å²) in [6, 6.07) is 7.14. The van der Waals surface area contributed by atoms with E-state index in [2.05, 4.69) is 15.5 Å². The molecule has 4 heterocycles. The lowest BCUT2D eigenvalue weighted by Crippen LogP contribution is -2.49. The Kier molecular flexibility index (Phi) is 5.67. The zero-order chi connectivity index (χ0) is 21.4. The number of nitrogens with zero attached hydrogens (tertiary/aromatic N) is 3. The molecule has 0 spiro atoms. The van der Waals surface area contributed by atoms with Crippen LogP contribution in [0.5, 0.6) is 0 Å². The Labute approximate surface area is 181 Å². The van der Waals surface area contributed by atoms with Crippen molar-refractivity contribution in [2.24, 2.45) is 5.92 Å². The second kappa shape index (κ2) is 8.59. The summed E-state index contributed by atoms with van der Waals surface area (Å²) >= 11 is 0. The first-order chi connectivity index (χ1) is 15.1. The molecule has 0 aliphatic carbocycles. The zero-order valence-corrected chi connectivity index (χ0v) is 17.7. The summed E-state index contributed by atoms with van der Waals surface area (Å²) in [5, 5.41) is 6.69. The number of carbonyl (C=O) groups is 2. The molecule has 2 atom stereocenters.